The molecule has 1 N–H and O–H groups in total. The number of methoxy groups -OCH3 is 1. The first-order valence-corrected chi connectivity index (χ1v) is 8.90. The Kier molecular flexibility index (Phi) is 2.52. The largest absolute Gasteiger partial charge is 0.496 e. The van der Waals surface area contributed by atoms with Gasteiger partial charge < -0.3 is 14.3 Å². The normalized spacial score (nSPS) is 17.3. The van der Waals surface area contributed by atoms with E-state index in [1.165, 1.54) is 30.5 Å². The van der Waals surface area contributed by atoms with Crippen molar-refractivity contribution >= 4 is 21.8 Å². The van der Waals surface area contributed by atoms with Crippen LogP contribution in [0, 0.1) is 6.92 Å². The van der Waals surface area contributed by atoms with Gasteiger partial charge >= 0.3 is 0 Å². The van der Waals surface area contributed by atoms with Crippen molar-refractivity contribution in [3.05, 3.63) is 66.2 Å². The van der Waals surface area contributed by atoms with E-state index in [-0.39, 0.29) is 46.6 Å². The van der Waals surface area contributed by atoms with Crippen LogP contribution in [0.2, 0.25) is 1.41 Å². The second-order valence-corrected chi connectivity index (χ2v) is 6.81. The number of nitrogens with zero attached hydrogens (tertiary/aromatic N) is 3. The highest BCUT2D eigenvalue weighted by molar-refractivity contribution is 7.84. The van der Waals surface area contributed by atoms with Gasteiger partial charge in [0.25, 0.3) is 0 Å². The Bertz CT molecular complexity index is 1420. The van der Waals surface area contributed by atoms with E-state index in [4.69, 9.17) is 15.7 Å². The number of benzene rings is 1. The fourth-order valence-electron chi connectivity index (χ4n) is 2.50. The molecule has 0 radical (unpaired) electrons. The van der Waals surface area contributed by atoms with Crippen LogP contribution in [0.5, 0.6) is 5.75 Å². The molecule has 0 saturated heterocycles. The van der Waals surface area contributed by atoms with Gasteiger partial charge in [0.05, 0.1) is 49.9 Å². The molecule has 3 heterocycles. The van der Waals surface area contributed by atoms with Crippen molar-refractivity contribution in [2.24, 2.45) is 0 Å². The van der Waals surface area contributed by atoms with E-state index in [0.29, 0.717) is 22.5 Å². The van der Waals surface area contributed by atoms with Gasteiger partial charge in [-0.2, -0.15) is 0 Å². The van der Waals surface area contributed by atoms with Crippen molar-refractivity contribution in [2.75, 3.05) is 7.04 Å². The second-order valence-electron chi connectivity index (χ2n) is 5.46. The van der Waals surface area contributed by atoms with Crippen molar-refractivity contribution in [3.63, 3.8) is 0 Å². The molecule has 7 heteroatoms. The third kappa shape index (κ3) is 3.01. The van der Waals surface area contributed by atoms with Crippen LogP contribution in [0.1, 0.15) is 20.9 Å². The van der Waals surface area contributed by atoms with E-state index >= 15 is 0 Å². The molecule has 0 aliphatic heterocycles. The lowest BCUT2D eigenvalue weighted by Crippen LogP contribution is -2.03. The summed E-state index contributed by atoms with van der Waals surface area (Å²) in [7, 11) is -4.46. The highest BCUT2D eigenvalue weighted by Crippen LogP contribution is 2.22. The Hall–Kier alpha value is -2.93. The molecule has 26 heavy (non-hydrogen) atoms. The summed E-state index contributed by atoms with van der Waals surface area (Å²) >= 11 is 0. The molecule has 1 unspecified atom stereocenters. The van der Waals surface area contributed by atoms with Crippen molar-refractivity contribution in [3.8, 4) is 11.4 Å². The highest BCUT2D eigenvalue weighted by atomic mass is 32.2. The van der Waals surface area contributed by atoms with Crippen molar-refractivity contribution < 1.29 is 20.0 Å². The molecule has 3 aromatic heterocycles. The first kappa shape index (κ1) is 9.68. The van der Waals surface area contributed by atoms with Crippen LogP contribution >= 0.6 is 0 Å². The summed E-state index contributed by atoms with van der Waals surface area (Å²) in [5, 5.41) is -0.0671. The molecule has 0 saturated carbocycles. The van der Waals surface area contributed by atoms with E-state index in [0.717, 1.165) is 9.54 Å². The van der Waals surface area contributed by atoms with Crippen LogP contribution in [-0.2, 0) is 16.6 Å². The lowest BCUT2D eigenvalue weighted by molar-refractivity contribution is 0.410. The van der Waals surface area contributed by atoms with Crippen LogP contribution in [0.3, 0.4) is 0 Å². The van der Waals surface area contributed by atoms with Gasteiger partial charge in [-0.1, -0.05) is 0 Å². The van der Waals surface area contributed by atoms with E-state index in [1.54, 1.807) is 6.92 Å². The van der Waals surface area contributed by atoms with E-state index in [2.05, 4.69) is 9.97 Å². The quantitative estimate of drug-likeness (QED) is 0.581. The van der Waals surface area contributed by atoms with Crippen LogP contribution in [0.4, 0.5) is 0 Å². The lowest BCUT2D eigenvalue weighted by atomic mass is 10.2. The molecule has 4 aromatic rings. The van der Waals surface area contributed by atoms with Crippen LogP contribution < -0.4 is 4.74 Å². The zero-order chi connectivity index (χ0) is 24.9. The van der Waals surface area contributed by atoms with Crippen molar-refractivity contribution in [1.29, 1.82) is 0 Å². The zero-order valence-electron chi connectivity index (χ0n) is 21.6. The Balaban J connectivity index is 1.69. The maximum absolute atomic E-state index is 13.1. The number of H-pyrrole nitrogens is 1. The van der Waals surface area contributed by atoms with Crippen molar-refractivity contribution in [2.45, 2.75) is 17.8 Å². The molecule has 0 aliphatic carbocycles. The first-order valence-electron chi connectivity index (χ1n) is 11.5. The van der Waals surface area contributed by atoms with Gasteiger partial charge in [0.1, 0.15) is 5.75 Å². The second kappa shape index (κ2) is 6.76. The van der Waals surface area contributed by atoms with Gasteiger partial charge in [-0.25, -0.2) is 4.98 Å². The summed E-state index contributed by atoms with van der Waals surface area (Å²) in [5.41, 5.74) is 1.68. The third-order valence-electron chi connectivity index (χ3n) is 3.89. The van der Waals surface area contributed by atoms with Gasteiger partial charge in [-0.05, 0) is 43.3 Å². The fourth-order valence-corrected chi connectivity index (χ4v) is 3.57. The minimum atomic E-state index is -2.64. The molecule has 0 aliphatic rings. The topological polar surface area (TPSA) is 72.8 Å². The monoisotopic (exact) mass is 374 g/mol. The van der Waals surface area contributed by atoms with Crippen LogP contribution in [0.25, 0.3) is 16.7 Å². The summed E-state index contributed by atoms with van der Waals surface area (Å²) < 4.78 is 80.8. The third-order valence-corrected chi connectivity index (χ3v) is 5.01. The average molecular weight is 374 g/mol. The van der Waals surface area contributed by atoms with Gasteiger partial charge in [0.2, 0.25) is 0 Å². The summed E-state index contributed by atoms with van der Waals surface area (Å²) in [5.74, 6) is -0.0351. The fraction of sp³-hybridized carbons (Fsp3) is 0.158. The first-order chi connectivity index (χ1) is 15.9. The number of aromatic nitrogens is 4. The molecule has 6 nitrogen and oxygen atoms in total. The molecule has 1 atom stereocenters. The maximum atomic E-state index is 13.1. The number of nitrogens with one attached hydrogen (secondary N) is 1. The van der Waals surface area contributed by atoms with E-state index in [1.807, 2.05) is 0 Å². The SMILES string of the molecule is [2H]c1c([2H])c([2H])n(-c2ccc3c(c2)nc(S(=O)Cc2nccc(OC([2H])([2H])[2H])c2C)n3[2H])c1[2H]. The Morgan fingerprint density at radius 2 is 2.23 bits per heavy atom. The smallest absolute Gasteiger partial charge is 0.197 e. The number of pyridine rings is 1. The highest BCUT2D eigenvalue weighted by Gasteiger charge is 2.15. The Morgan fingerprint density at radius 1 is 1.38 bits per heavy atom. The number of fused-ring (bicyclic) bond motifs is 1. The minimum Gasteiger partial charge on any atom is -0.496 e. The molecule has 1 aromatic carbocycles. The van der Waals surface area contributed by atoms with Crippen molar-refractivity contribution in [1.82, 2.24) is 19.5 Å². The zero-order valence-corrected chi connectivity index (χ0v) is 14.4. The summed E-state index contributed by atoms with van der Waals surface area (Å²) in [6, 6.07) is 5.20. The van der Waals surface area contributed by atoms with Crippen LogP contribution in [-0.4, -0.2) is 30.8 Å². The molecule has 0 amide bonds. The Morgan fingerprint density at radius 3 is 3.04 bits per heavy atom. The summed E-state index contributed by atoms with van der Waals surface area (Å²) in [4.78, 5) is 9.37. The number of hydrogen-bond donors (Lipinski definition) is 1. The predicted octanol–water partition coefficient (Wildman–Crippen LogP) is 3.37. The molecule has 132 valence electrons. The minimum absolute atomic E-state index is 0.0671. The lowest BCUT2D eigenvalue weighted by Gasteiger charge is -2.08. The maximum Gasteiger partial charge on any atom is 0.197 e. The number of hydrogen-bond acceptors (Lipinski definition) is 4. The molecular formula is C19H18N4O2S. The number of ether oxygens (including phenoxy) is 1. The summed E-state index contributed by atoms with van der Waals surface area (Å²) in [6.07, 6.45) is 0.722. The van der Waals surface area contributed by atoms with Gasteiger partial charge in [0, 0.05) is 29.8 Å². The predicted molar refractivity (Wildman–Crippen MR) is 101 cm³/mol. The standard InChI is InChI=1S/C19H18N4O2S/c1-13-17(20-8-7-18(13)25-2)12-26(24)19-21-15-6-5-14(11-16(15)22-19)23-9-3-4-10-23/h3-11H,12H2,1-2H3,(H,21,22)/i2D3,3D,4D,9D,10D/hD. The molecule has 0 bridgehead atoms. The molecular weight excluding hydrogens is 348 g/mol. The average Bonchev–Trinajstić information content (AvgIpc) is 3.19. The number of rotatable bonds is 5. The number of imidazole rings is 1. The molecule has 0 spiro atoms. The van der Waals surface area contributed by atoms with E-state index < -0.39 is 17.8 Å². The van der Waals surface area contributed by atoms with Gasteiger partial charge in [-0.15, -0.1) is 0 Å². The van der Waals surface area contributed by atoms with E-state index in [9.17, 15) is 4.21 Å². The van der Waals surface area contributed by atoms with Gasteiger partial charge in [0.15, 0.2) is 6.57 Å². The summed E-state index contributed by atoms with van der Waals surface area (Å²) in [6.45, 7) is 1.60. The van der Waals surface area contributed by atoms with Crippen LogP contribution in [0.15, 0.2) is 60.0 Å². The Labute approximate surface area is 164 Å². The van der Waals surface area contributed by atoms with Gasteiger partial charge in [-0.3, -0.25) is 9.19 Å². The molecule has 4 rings (SSSR count). The number of aromatic amines is 1. The molecule has 0 fully saturated rings.